The molecule has 0 aliphatic heterocycles. The number of hydrogen-bond donors (Lipinski definition) is 2. The van der Waals surface area contributed by atoms with E-state index in [9.17, 15) is 0 Å². The summed E-state index contributed by atoms with van der Waals surface area (Å²) in [7, 11) is 0. The summed E-state index contributed by atoms with van der Waals surface area (Å²) in [4.78, 5) is 0. The van der Waals surface area contributed by atoms with Gasteiger partial charge >= 0.3 is 59.1 Å². The fraction of sp³-hybridized carbons (Fsp3) is 0. The van der Waals surface area contributed by atoms with Crippen molar-refractivity contribution in [2.75, 3.05) is 0 Å². The Morgan fingerprint density at radius 1 is 0.917 bits per heavy atom. The molecule has 12 heavy (non-hydrogen) atoms. The van der Waals surface area contributed by atoms with Crippen molar-refractivity contribution in [1.82, 2.24) is 0 Å². The Balaban J connectivity index is -0.0000000198. The maximum absolute atomic E-state index is 4.66. The summed E-state index contributed by atoms with van der Waals surface area (Å²) in [5.41, 5.74) is 9.31. The summed E-state index contributed by atoms with van der Waals surface area (Å²) in [5, 5.41) is 0. The zero-order valence-corrected chi connectivity index (χ0v) is 14.5. The Morgan fingerprint density at radius 2 is 0.917 bits per heavy atom. The van der Waals surface area contributed by atoms with Crippen molar-refractivity contribution in [3.8, 4) is 0 Å². The van der Waals surface area contributed by atoms with Gasteiger partial charge in [0.25, 0.3) is 0 Å². The zero-order valence-electron chi connectivity index (χ0n) is 7.20. The van der Waals surface area contributed by atoms with Crippen molar-refractivity contribution >= 4 is 58.3 Å². The van der Waals surface area contributed by atoms with Gasteiger partial charge in [0.05, 0.1) is 0 Å². The molecule has 0 aromatic heterocycles. The van der Waals surface area contributed by atoms with Gasteiger partial charge in [-0.15, -0.1) is 13.2 Å². The van der Waals surface area contributed by atoms with Crippen molar-refractivity contribution in [2.45, 2.75) is 0 Å². The molecule has 0 atom stereocenters. The molecular weight excluding hydrogens is 250 g/mol. The Kier molecular flexibility index (Phi) is 71.2. The van der Waals surface area contributed by atoms with E-state index in [4.69, 9.17) is 0 Å². The van der Waals surface area contributed by atoms with Crippen LogP contribution in [-0.2, 0) is 25.3 Å². The largest absolute Gasteiger partial charge is 1.00 e. The van der Waals surface area contributed by atoms with E-state index in [-0.39, 0.29) is 67.8 Å². The van der Waals surface area contributed by atoms with Gasteiger partial charge in [0, 0.05) is 0 Å². The SMILES string of the molecule is C=C.NC(=S)[S-].NC(=S)[S-].[Na+].[Na+]. The summed E-state index contributed by atoms with van der Waals surface area (Å²) in [6.45, 7) is 6.00. The minimum atomic E-state index is 0. The molecule has 0 fully saturated rings. The van der Waals surface area contributed by atoms with Crippen LogP contribution in [0.3, 0.4) is 0 Å². The Labute approximate surface area is 140 Å². The van der Waals surface area contributed by atoms with Crippen molar-refractivity contribution in [1.29, 1.82) is 0 Å². The van der Waals surface area contributed by atoms with Crippen LogP contribution in [0.15, 0.2) is 13.2 Å². The molecule has 0 saturated heterocycles. The van der Waals surface area contributed by atoms with Crippen LogP contribution in [0.2, 0.25) is 0 Å². The van der Waals surface area contributed by atoms with E-state index in [1.165, 1.54) is 0 Å². The van der Waals surface area contributed by atoms with Crippen LogP contribution < -0.4 is 70.6 Å². The molecule has 0 aromatic carbocycles. The molecule has 0 aliphatic carbocycles. The van der Waals surface area contributed by atoms with Crippen LogP contribution in [0.25, 0.3) is 0 Å². The Bertz CT molecular complexity index is 91.2. The third-order valence-electron chi connectivity index (χ3n) is 0. The van der Waals surface area contributed by atoms with Crippen LogP contribution in [0.1, 0.15) is 0 Å². The van der Waals surface area contributed by atoms with Crippen molar-refractivity contribution in [3.63, 3.8) is 0 Å². The second-order valence-corrected chi connectivity index (χ2v) is 2.91. The fourth-order valence-corrected chi connectivity index (χ4v) is 0. The van der Waals surface area contributed by atoms with Crippen molar-refractivity contribution in [3.05, 3.63) is 13.2 Å². The topological polar surface area (TPSA) is 52.0 Å². The van der Waals surface area contributed by atoms with E-state index in [1.54, 1.807) is 0 Å². The number of thiocarbonyl (C=S) groups is 2. The van der Waals surface area contributed by atoms with E-state index in [0.29, 0.717) is 0 Å². The molecule has 8 heteroatoms. The Hall–Kier alpha value is 1.96. The van der Waals surface area contributed by atoms with Gasteiger partial charge in [-0.2, -0.15) is 0 Å². The third kappa shape index (κ3) is 374. The monoisotopic (exact) mass is 258 g/mol. The summed E-state index contributed by atoms with van der Waals surface area (Å²) in [5.74, 6) is 0. The molecule has 0 radical (unpaired) electrons. The molecule has 0 bridgehead atoms. The predicted octanol–water partition coefficient (Wildman–Crippen LogP) is -5.64. The molecule has 0 rings (SSSR count). The molecule has 60 valence electrons. The smallest absolute Gasteiger partial charge is 0.415 e. The van der Waals surface area contributed by atoms with E-state index in [2.05, 4.69) is 74.3 Å². The van der Waals surface area contributed by atoms with Crippen LogP contribution in [-0.4, -0.2) is 8.64 Å². The van der Waals surface area contributed by atoms with Gasteiger partial charge in [-0.3, -0.25) is 0 Å². The number of hydrogen-bond acceptors (Lipinski definition) is 4. The van der Waals surface area contributed by atoms with E-state index < -0.39 is 0 Å². The maximum Gasteiger partial charge on any atom is 1.00 e. The minimum Gasteiger partial charge on any atom is -0.415 e. The molecule has 4 N–H and O–H groups in total. The summed E-state index contributed by atoms with van der Waals surface area (Å²) < 4.78 is 0.167. The van der Waals surface area contributed by atoms with Gasteiger partial charge in [-0.05, 0) is 0 Å². The first-order chi connectivity index (χ1) is 4.46. The second kappa shape index (κ2) is 29.3. The first-order valence-electron chi connectivity index (χ1n) is 1.89. The second-order valence-electron chi connectivity index (χ2n) is 0.638. The van der Waals surface area contributed by atoms with Gasteiger partial charge in [0.1, 0.15) is 0 Å². The first kappa shape index (κ1) is 29.2. The average Bonchev–Trinajstić information content (AvgIpc) is 1.66. The van der Waals surface area contributed by atoms with Crippen LogP contribution in [0, 0.1) is 0 Å². The maximum atomic E-state index is 4.66. The molecule has 0 unspecified atom stereocenters. The molecule has 0 heterocycles. The van der Waals surface area contributed by atoms with Gasteiger partial charge in [0.15, 0.2) is 0 Å². The standard InChI is InChI=1S/C2H4.2CH3NS2.2Na/c1-2;2*2-1(3)4;;/h1-2H2;2*(H3,2,3,4);;/q;;;2*+1/p-2. The molecular formula is C4H8N2Na2S4. The molecule has 0 saturated carbocycles. The third-order valence-corrected chi connectivity index (χ3v) is 0. The number of rotatable bonds is 0. The average molecular weight is 258 g/mol. The summed E-state index contributed by atoms with van der Waals surface area (Å²) in [6.07, 6.45) is 0. The van der Waals surface area contributed by atoms with Crippen LogP contribution in [0.5, 0.6) is 0 Å². The van der Waals surface area contributed by atoms with Crippen LogP contribution >= 0.6 is 24.4 Å². The summed E-state index contributed by atoms with van der Waals surface area (Å²) >= 11 is 16.5. The van der Waals surface area contributed by atoms with Gasteiger partial charge in [-0.25, -0.2) is 0 Å². The molecule has 2 nitrogen and oxygen atoms in total. The predicted molar refractivity (Wildman–Crippen MR) is 59.6 cm³/mol. The van der Waals surface area contributed by atoms with Crippen molar-refractivity contribution in [2.24, 2.45) is 11.5 Å². The zero-order chi connectivity index (χ0) is 9.15. The molecule has 0 spiro atoms. The van der Waals surface area contributed by atoms with Gasteiger partial charge in [0.2, 0.25) is 0 Å². The Morgan fingerprint density at radius 3 is 0.917 bits per heavy atom. The number of nitrogens with two attached hydrogens (primary N) is 2. The van der Waals surface area contributed by atoms with E-state index in [0.717, 1.165) is 0 Å². The molecule has 0 amide bonds. The normalized spacial score (nSPS) is 4.33. The van der Waals surface area contributed by atoms with Gasteiger partial charge in [-0.1, -0.05) is 8.64 Å². The van der Waals surface area contributed by atoms with E-state index in [1.807, 2.05) is 0 Å². The van der Waals surface area contributed by atoms with E-state index >= 15 is 0 Å². The summed E-state index contributed by atoms with van der Waals surface area (Å²) in [6, 6.07) is 0. The first-order valence-corrected chi connectivity index (χ1v) is 3.53. The molecule has 0 aromatic rings. The minimum absolute atomic E-state index is 0. The van der Waals surface area contributed by atoms with Crippen molar-refractivity contribution < 1.29 is 59.1 Å². The van der Waals surface area contributed by atoms with Crippen LogP contribution in [0.4, 0.5) is 0 Å². The fourth-order valence-electron chi connectivity index (χ4n) is 0. The quantitative estimate of drug-likeness (QED) is 0.196. The molecule has 0 aliphatic rings. The van der Waals surface area contributed by atoms with Gasteiger partial charge < -0.3 is 61.2 Å².